The highest BCUT2D eigenvalue weighted by Crippen LogP contribution is 2.29. The number of aromatic nitrogens is 1. The van der Waals surface area contributed by atoms with Crippen LogP contribution in [0.15, 0.2) is 64.9 Å². The summed E-state index contributed by atoms with van der Waals surface area (Å²) in [6, 6.07) is 14.9. The average Bonchev–Trinajstić information content (AvgIpc) is 3.51. The Balaban J connectivity index is 1.40. The van der Waals surface area contributed by atoms with E-state index in [0.29, 0.717) is 29.6 Å². The second-order valence-electron chi connectivity index (χ2n) is 7.52. The van der Waals surface area contributed by atoms with Gasteiger partial charge < -0.3 is 4.74 Å². The largest absolute Gasteiger partial charge is 0.456 e. The van der Waals surface area contributed by atoms with Crippen molar-refractivity contribution in [3.8, 4) is 0 Å². The van der Waals surface area contributed by atoms with Crippen LogP contribution in [-0.4, -0.2) is 42.7 Å². The summed E-state index contributed by atoms with van der Waals surface area (Å²) in [6.45, 7) is 2.44. The molecule has 0 saturated carbocycles. The standard InChI is InChI=1S/C23H23N3O5S2/c1-17(27)26(20-7-3-2-4-8-20)23-24-19(16-32-23)15-31-22(28)18-9-11-21(12-10-18)33(29,30)25-13-5-6-14-25/h2-4,7-12,16H,5-6,13-15H2,1H3. The third-order valence-corrected chi connectivity index (χ3v) is 7.99. The van der Waals surface area contributed by atoms with Crippen molar-refractivity contribution in [2.24, 2.45) is 0 Å². The number of anilines is 2. The molecule has 2 heterocycles. The monoisotopic (exact) mass is 485 g/mol. The van der Waals surface area contributed by atoms with Crippen LogP contribution in [0.1, 0.15) is 35.8 Å². The SMILES string of the molecule is CC(=O)N(c1ccccc1)c1nc(COC(=O)c2ccc(S(=O)(=O)N3CCCC3)cc2)cs1. The van der Waals surface area contributed by atoms with Crippen LogP contribution >= 0.6 is 11.3 Å². The maximum atomic E-state index is 12.6. The van der Waals surface area contributed by atoms with E-state index in [1.807, 2.05) is 30.3 Å². The van der Waals surface area contributed by atoms with Crippen molar-refractivity contribution in [1.29, 1.82) is 0 Å². The highest BCUT2D eigenvalue weighted by atomic mass is 32.2. The molecule has 172 valence electrons. The van der Waals surface area contributed by atoms with Gasteiger partial charge in [0.05, 0.1) is 21.8 Å². The number of carbonyl (C=O) groups is 2. The summed E-state index contributed by atoms with van der Waals surface area (Å²) in [5.74, 6) is -0.760. The third-order valence-electron chi connectivity index (χ3n) is 5.20. The Morgan fingerprint density at radius 2 is 1.73 bits per heavy atom. The van der Waals surface area contributed by atoms with E-state index in [9.17, 15) is 18.0 Å². The van der Waals surface area contributed by atoms with Crippen LogP contribution in [0.3, 0.4) is 0 Å². The van der Waals surface area contributed by atoms with Crippen molar-refractivity contribution in [3.63, 3.8) is 0 Å². The Hall–Kier alpha value is -3.08. The number of para-hydroxylation sites is 1. The number of esters is 1. The van der Waals surface area contributed by atoms with Crippen LogP contribution in [0.5, 0.6) is 0 Å². The molecular formula is C23H23N3O5S2. The van der Waals surface area contributed by atoms with Gasteiger partial charge in [-0.15, -0.1) is 11.3 Å². The Bertz CT molecular complexity index is 1230. The number of rotatable bonds is 7. The maximum absolute atomic E-state index is 12.6. The van der Waals surface area contributed by atoms with E-state index in [1.165, 1.54) is 51.7 Å². The van der Waals surface area contributed by atoms with Gasteiger partial charge in [-0.2, -0.15) is 4.31 Å². The average molecular weight is 486 g/mol. The lowest BCUT2D eigenvalue weighted by atomic mass is 10.2. The van der Waals surface area contributed by atoms with E-state index in [0.717, 1.165) is 12.8 Å². The van der Waals surface area contributed by atoms with Gasteiger partial charge in [-0.25, -0.2) is 18.2 Å². The first-order valence-corrected chi connectivity index (χ1v) is 12.8. The van der Waals surface area contributed by atoms with Crippen molar-refractivity contribution in [3.05, 3.63) is 71.2 Å². The minimum atomic E-state index is -3.53. The van der Waals surface area contributed by atoms with Gasteiger partial charge in [0.25, 0.3) is 0 Å². The fraction of sp³-hybridized carbons (Fsp3) is 0.261. The summed E-state index contributed by atoms with van der Waals surface area (Å²) in [7, 11) is -3.53. The smallest absolute Gasteiger partial charge is 0.338 e. The zero-order valence-electron chi connectivity index (χ0n) is 18.0. The molecule has 0 unspecified atom stereocenters. The predicted octanol–water partition coefficient (Wildman–Crippen LogP) is 3.97. The van der Waals surface area contributed by atoms with Crippen LogP contribution < -0.4 is 4.90 Å². The summed E-state index contributed by atoms with van der Waals surface area (Å²) >= 11 is 1.28. The van der Waals surface area contributed by atoms with Crippen LogP contribution in [-0.2, 0) is 26.2 Å². The summed E-state index contributed by atoms with van der Waals surface area (Å²) < 4.78 is 32.0. The normalized spacial score (nSPS) is 14.2. The van der Waals surface area contributed by atoms with E-state index in [-0.39, 0.29) is 23.0 Å². The predicted molar refractivity (Wildman–Crippen MR) is 125 cm³/mol. The third kappa shape index (κ3) is 5.13. The molecule has 0 spiro atoms. The molecule has 0 atom stereocenters. The second-order valence-corrected chi connectivity index (χ2v) is 10.3. The van der Waals surface area contributed by atoms with Crippen molar-refractivity contribution in [1.82, 2.24) is 9.29 Å². The number of amides is 1. The van der Waals surface area contributed by atoms with Gasteiger partial charge in [0.15, 0.2) is 5.13 Å². The van der Waals surface area contributed by atoms with E-state index >= 15 is 0 Å². The molecule has 1 amide bonds. The van der Waals surface area contributed by atoms with Gasteiger partial charge >= 0.3 is 5.97 Å². The van der Waals surface area contributed by atoms with Gasteiger partial charge in [-0.05, 0) is 49.2 Å². The molecule has 0 radical (unpaired) electrons. The zero-order chi connectivity index (χ0) is 23.4. The molecule has 33 heavy (non-hydrogen) atoms. The van der Waals surface area contributed by atoms with Gasteiger partial charge in [0.2, 0.25) is 15.9 Å². The molecule has 0 N–H and O–H groups in total. The Labute approximate surface area is 196 Å². The van der Waals surface area contributed by atoms with Crippen LogP contribution in [0, 0.1) is 0 Å². The first-order chi connectivity index (χ1) is 15.9. The highest BCUT2D eigenvalue weighted by molar-refractivity contribution is 7.89. The topological polar surface area (TPSA) is 96.9 Å². The number of thiazole rings is 1. The lowest BCUT2D eigenvalue weighted by Gasteiger charge is -2.17. The molecule has 1 aromatic heterocycles. The lowest BCUT2D eigenvalue weighted by Crippen LogP contribution is -2.27. The first kappa shape index (κ1) is 23.1. The number of carbonyl (C=O) groups excluding carboxylic acids is 2. The molecule has 10 heteroatoms. The summed E-state index contributed by atoms with van der Waals surface area (Å²) in [6.07, 6.45) is 1.72. The highest BCUT2D eigenvalue weighted by Gasteiger charge is 2.27. The molecule has 1 aliphatic rings. The Morgan fingerprint density at radius 1 is 1.06 bits per heavy atom. The van der Waals surface area contributed by atoms with Gasteiger partial charge in [0.1, 0.15) is 6.61 Å². The van der Waals surface area contributed by atoms with Crippen molar-refractivity contribution < 1.29 is 22.7 Å². The maximum Gasteiger partial charge on any atom is 0.338 e. The van der Waals surface area contributed by atoms with Crippen molar-refractivity contribution in [2.75, 3.05) is 18.0 Å². The number of hydrogen-bond donors (Lipinski definition) is 0. The van der Waals surface area contributed by atoms with Crippen LogP contribution in [0.4, 0.5) is 10.8 Å². The second kappa shape index (κ2) is 9.82. The molecular weight excluding hydrogens is 462 g/mol. The van der Waals surface area contributed by atoms with E-state index in [4.69, 9.17) is 4.74 Å². The molecule has 1 aliphatic heterocycles. The number of ether oxygens (including phenoxy) is 1. The van der Waals surface area contributed by atoms with Gasteiger partial charge in [0, 0.05) is 25.4 Å². The van der Waals surface area contributed by atoms with Crippen molar-refractivity contribution >= 4 is 44.1 Å². The molecule has 8 nitrogen and oxygen atoms in total. The van der Waals surface area contributed by atoms with Crippen LogP contribution in [0.25, 0.3) is 0 Å². The molecule has 0 aliphatic carbocycles. The molecule has 1 fully saturated rings. The molecule has 1 saturated heterocycles. The van der Waals surface area contributed by atoms with Crippen molar-refractivity contribution in [2.45, 2.75) is 31.3 Å². The lowest BCUT2D eigenvalue weighted by molar-refractivity contribution is -0.115. The van der Waals surface area contributed by atoms with Crippen LogP contribution in [0.2, 0.25) is 0 Å². The molecule has 4 rings (SSSR count). The van der Waals surface area contributed by atoms with Gasteiger partial charge in [-0.1, -0.05) is 18.2 Å². The molecule has 3 aromatic rings. The summed E-state index contributed by atoms with van der Waals surface area (Å²) in [5.41, 5.74) is 1.46. The Morgan fingerprint density at radius 3 is 2.36 bits per heavy atom. The Kier molecular flexibility index (Phi) is 6.87. The minimum Gasteiger partial charge on any atom is -0.456 e. The zero-order valence-corrected chi connectivity index (χ0v) is 19.6. The molecule has 0 bridgehead atoms. The number of benzene rings is 2. The number of nitrogens with zero attached hydrogens (tertiary/aromatic N) is 3. The summed E-state index contributed by atoms with van der Waals surface area (Å²) in [5, 5.41) is 2.21. The van der Waals surface area contributed by atoms with E-state index < -0.39 is 16.0 Å². The summed E-state index contributed by atoms with van der Waals surface area (Å²) in [4.78, 5) is 30.7. The number of hydrogen-bond acceptors (Lipinski definition) is 7. The fourth-order valence-electron chi connectivity index (χ4n) is 3.53. The first-order valence-electron chi connectivity index (χ1n) is 10.4. The fourth-order valence-corrected chi connectivity index (χ4v) is 5.92. The van der Waals surface area contributed by atoms with Gasteiger partial charge in [-0.3, -0.25) is 9.69 Å². The minimum absolute atomic E-state index is 0.0658. The van der Waals surface area contributed by atoms with E-state index in [1.54, 1.807) is 5.38 Å². The molecule has 2 aromatic carbocycles. The van der Waals surface area contributed by atoms with E-state index in [2.05, 4.69) is 4.98 Å². The quantitative estimate of drug-likeness (QED) is 0.470. The number of sulfonamides is 1.